The molecule has 0 spiro atoms. The Balaban J connectivity index is 0.000000626. The lowest BCUT2D eigenvalue weighted by atomic mass is 10.1. The molecule has 162 valence electrons. The molecule has 0 aliphatic carbocycles. The quantitative estimate of drug-likeness (QED) is 0.559. The summed E-state index contributed by atoms with van der Waals surface area (Å²) in [6.07, 6.45) is 1.90. The number of ether oxygens (including phenoxy) is 1. The third kappa shape index (κ3) is 7.23. The molecule has 0 aromatic carbocycles. The van der Waals surface area contributed by atoms with Gasteiger partial charge in [-0.05, 0) is 6.42 Å². The molecule has 3 N–H and O–H groups in total. The van der Waals surface area contributed by atoms with Crippen LogP contribution >= 0.6 is 0 Å². The molecule has 2 aliphatic heterocycles. The molecule has 0 unspecified atom stereocenters. The first-order valence-corrected chi connectivity index (χ1v) is 8.85. The van der Waals surface area contributed by atoms with Crippen LogP contribution in [0.2, 0.25) is 0 Å². The second-order valence-electron chi connectivity index (χ2n) is 6.31. The first kappa shape index (κ1) is 24.2. The third-order valence-corrected chi connectivity index (χ3v) is 4.40. The highest BCUT2D eigenvalue weighted by Crippen LogP contribution is 2.25. The van der Waals surface area contributed by atoms with Gasteiger partial charge in [-0.15, -0.1) is 0 Å². The average molecular weight is 416 g/mol. The second kappa shape index (κ2) is 12.6. The number of anilines is 1. The van der Waals surface area contributed by atoms with E-state index in [-0.39, 0.29) is 37.3 Å². The van der Waals surface area contributed by atoms with Crippen molar-refractivity contribution < 1.29 is 38.8 Å². The minimum atomic E-state index is -0.856. The van der Waals surface area contributed by atoms with E-state index >= 15 is 0 Å². The Labute approximate surface area is 166 Å². The Hall–Kier alpha value is -2.86. The number of hydrogen-bond acceptors (Lipinski definition) is 8. The normalized spacial score (nSPS) is 20.8. The van der Waals surface area contributed by atoms with Crippen molar-refractivity contribution in [2.75, 3.05) is 44.3 Å². The van der Waals surface area contributed by atoms with Crippen molar-refractivity contribution in [1.29, 1.82) is 0 Å². The molecule has 29 heavy (non-hydrogen) atoms. The lowest BCUT2D eigenvalue weighted by molar-refractivity contribution is -0.139. The van der Waals surface area contributed by atoms with Gasteiger partial charge < -0.3 is 25.0 Å². The number of aromatic nitrogens is 2. The third-order valence-electron chi connectivity index (χ3n) is 4.40. The predicted molar refractivity (Wildman–Crippen MR) is 98.3 cm³/mol. The van der Waals surface area contributed by atoms with Gasteiger partial charge in [-0.25, -0.2) is 14.4 Å². The van der Waals surface area contributed by atoms with Gasteiger partial charge in [0.05, 0.1) is 31.5 Å². The van der Waals surface area contributed by atoms with Gasteiger partial charge >= 0.3 is 5.97 Å². The molecule has 2 saturated heterocycles. The summed E-state index contributed by atoms with van der Waals surface area (Å²) < 4.78 is 20.2. The molecule has 2 aliphatic rings. The van der Waals surface area contributed by atoms with Crippen LogP contribution in [0.1, 0.15) is 12.6 Å². The van der Waals surface area contributed by atoms with Crippen LogP contribution in [-0.2, 0) is 25.5 Å². The highest BCUT2D eigenvalue weighted by atomic mass is 19.1. The maximum Gasteiger partial charge on any atom is 0.317 e. The Morgan fingerprint density at radius 3 is 2.48 bits per heavy atom. The molecule has 0 amide bonds. The number of hydrogen-bond donors (Lipinski definition) is 3. The number of rotatable bonds is 4. The van der Waals surface area contributed by atoms with Gasteiger partial charge in [-0.2, -0.15) is 0 Å². The topological polar surface area (TPSA) is 153 Å². The standard InChI is InChI=1S/C15H21FN4O3.2CH2O2/c1-2-12-14(16)15(18-9-17-12)20-4-10-3-19(6-13(21)22)11(5-20)8-23-7-10;2*2-1-3/h9-11H,2-8H2,1H3,(H,21,22);2*1H,(H,2,3)/t10-,11+;;/m1../s1. The number of carboxylic acid groups (broad SMARTS) is 3. The Kier molecular flexibility index (Phi) is 10.5. The predicted octanol–water partition coefficient (Wildman–Crippen LogP) is -0.199. The summed E-state index contributed by atoms with van der Waals surface area (Å²) in [5, 5.41) is 22.9. The lowest BCUT2D eigenvalue weighted by Gasteiger charge is -2.31. The van der Waals surface area contributed by atoms with E-state index in [4.69, 9.17) is 29.6 Å². The first-order valence-electron chi connectivity index (χ1n) is 8.85. The SMILES string of the molecule is CCc1ncnc(N2C[C@@H]3COC[C@H](C2)N(CC(=O)O)C3)c1F.O=CO.O=CO. The van der Waals surface area contributed by atoms with E-state index in [1.807, 2.05) is 16.7 Å². The van der Waals surface area contributed by atoms with E-state index in [0.717, 1.165) is 0 Å². The smallest absolute Gasteiger partial charge is 0.317 e. The number of fused-ring (bicyclic) bond motifs is 3. The van der Waals surface area contributed by atoms with Gasteiger partial charge in [0.25, 0.3) is 12.9 Å². The van der Waals surface area contributed by atoms with Gasteiger partial charge in [0.15, 0.2) is 11.6 Å². The van der Waals surface area contributed by atoms with Gasteiger partial charge in [0.1, 0.15) is 6.33 Å². The molecule has 1 aromatic rings. The van der Waals surface area contributed by atoms with Crippen molar-refractivity contribution in [2.45, 2.75) is 19.4 Å². The summed E-state index contributed by atoms with van der Waals surface area (Å²) in [6, 6.07) is -0.0851. The average Bonchev–Trinajstić information content (AvgIpc) is 2.92. The van der Waals surface area contributed by atoms with E-state index in [1.165, 1.54) is 6.33 Å². The van der Waals surface area contributed by atoms with Crippen LogP contribution in [0.15, 0.2) is 6.33 Å². The lowest BCUT2D eigenvalue weighted by Crippen LogP contribution is -2.46. The van der Waals surface area contributed by atoms with E-state index in [0.29, 0.717) is 50.8 Å². The fraction of sp³-hybridized carbons (Fsp3) is 0.588. The van der Waals surface area contributed by atoms with Crippen LogP contribution in [0.4, 0.5) is 10.2 Å². The fourth-order valence-electron chi connectivity index (χ4n) is 3.33. The van der Waals surface area contributed by atoms with E-state index in [2.05, 4.69) is 9.97 Å². The molecule has 1 aromatic heterocycles. The van der Waals surface area contributed by atoms with Crippen molar-refractivity contribution >= 4 is 24.7 Å². The Bertz CT molecular complexity index is 673. The molecule has 2 bridgehead atoms. The molecule has 0 radical (unpaired) electrons. The van der Waals surface area contributed by atoms with Crippen molar-refractivity contribution in [2.24, 2.45) is 5.92 Å². The zero-order chi connectivity index (χ0) is 21.8. The molecule has 3 rings (SSSR count). The maximum atomic E-state index is 14.6. The minimum Gasteiger partial charge on any atom is -0.483 e. The number of carboxylic acids is 1. The highest BCUT2D eigenvalue weighted by molar-refractivity contribution is 5.69. The van der Waals surface area contributed by atoms with Crippen molar-refractivity contribution in [3.05, 3.63) is 17.8 Å². The number of nitrogens with zero attached hydrogens (tertiary/aromatic N) is 4. The highest BCUT2D eigenvalue weighted by Gasteiger charge is 2.35. The summed E-state index contributed by atoms with van der Waals surface area (Å²) in [7, 11) is 0. The van der Waals surface area contributed by atoms with Gasteiger partial charge in [0.2, 0.25) is 0 Å². The molecular weight excluding hydrogens is 391 g/mol. The van der Waals surface area contributed by atoms with Crippen molar-refractivity contribution in [1.82, 2.24) is 14.9 Å². The molecule has 2 atom stereocenters. The van der Waals surface area contributed by atoms with Gasteiger partial charge in [0, 0.05) is 25.6 Å². The van der Waals surface area contributed by atoms with Crippen molar-refractivity contribution in [3.8, 4) is 0 Å². The molecule has 2 fully saturated rings. The zero-order valence-corrected chi connectivity index (χ0v) is 16.0. The summed E-state index contributed by atoms with van der Waals surface area (Å²) in [5.74, 6) is -0.793. The molecule has 11 nitrogen and oxygen atoms in total. The Morgan fingerprint density at radius 2 is 1.90 bits per heavy atom. The van der Waals surface area contributed by atoms with Crippen LogP contribution < -0.4 is 4.90 Å². The van der Waals surface area contributed by atoms with Crippen LogP contribution in [0.5, 0.6) is 0 Å². The first-order chi connectivity index (χ1) is 13.9. The minimum absolute atomic E-state index is 0.0230. The van der Waals surface area contributed by atoms with E-state index < -0.39 is 5.97 Å². The second-order valence-corrected chi connectivity index (χ2v) is 6.31. The molecule has 3 heterocycles. The van der Waals surface area contributed by atoms with Crippen LogP contribution in [0.25, 0.3) is 0 Å². The van der Waals surface area contributed by atoms with Crippen LogP contribution in [0, 0.1) is 11.7 Å². The maximum absolute atomic E-state index is 14.6. The summed E-state index contributed by atoms with van der Waals surface area (Å²) in [5.41, 5.74) is 0.406. The zero-order valence-electron chi connectivity index (χ0n) is 16.0. The largest absolute Gasteiger partial charge is 0.483 e. The number of aryl methyl sites for hydroxylation is 1. The molecule has 0 saturated carbocycles. The fourth-order valence-corrected chi connectivity index (χ4v) is 3.33. The van der Waals surface area contributed by atoms with E-state index in [9.17, 15) is 9.18 Å². The van der Waals surface area contributed by atoms with Gasteiger partial charge in [-0.1, -0.05) is 6.92 Å². The van der Waals surface area contributed by atoms with E-state index in [1.54, 1.807) is 0 Å². The van der Waals surface area contributed by atoms with Crippen molar-refractivity contribution in [3.63, 3.8) is 0 Å². The Morgan fingerprint density at radius 1 is 1.24 bits per heavy atom. The van der Waals surface area contributed by atoms with Gasteiger partial charge in [-0.3, -0.25) is 19.3 Å². The molecule has 12 heteroatoms. The van der Waals surface area contributed by atoms with Crippen LogP contribution in [-0.4, -0.2) is 94.5 Å². The monoisotopic (exact) mass is 416 g/mol. The summed E-state index contributed by atoms with van der Waals surface area (Å²) in [6.45, 7) is 4.08. The van der Waals surface area contributed by atoms with Crippen LogP contribution in [0.3, 0.4) is 0 Å². The number of halogens is 1. The number of aliphatic carboxylic acids is 1. The molecular formula is C17H25FN4O7. The summed E-state index contributed by atoms with van der Waals surface area (Å²) >= 11 is 0. The summed E-state index contributed by atoms with van der Waals surface area (Å²) in [4.78, 5) is 39.7. The number of carbonyl (C=O) groups is 3.